The Morgan fingerprint density at radius 3 is 2.44 bits per heavy atom. The van der Waals surface area contributed by atoms with E-state index in [0.717, 1.165) is 5.56 Å². The average molecular weight is 559 g/mol. The highest BCUT2D eigenvalue weighted by atomic mass is 32.2. The van der Waals surface area contributed by atoms with Gasteiger partial charge in [-0.1, -0.05) is 35.9 Å². The molecule has 0 aliphatic carbocycles. The Morgan fingerprint density at radius 2 is 1.79 bits per heavy atom. The Balaban J connectivity index is 1.68. The summed E-state index contributed by atoms with van der Waals surface area (Å²) in [4.78, 5) is 52.3. The highest BCUT2D eigenvalue weighted by Gasteiger charge is 2.37. The minimum absolute atomic E-state index is 0.0298. The number of unbranched alkanes of at least 4 members (excludes halogenated alkanes) is 1. The summed E-state index contributed by atoms with van der Waals surface area (Å²) < 4.78 is 27.5. The van der Waals surface area contributed by atoms with Gasteiger partial charge in [0.15, 0.2) is 0 Å². The van der Waals surface area contributed by atoms with Gasteiger partial charge in [0.25, 0.3) is 5.91 Å². The molecule has 0 radical (unpaired) electrons. The number of nitroso groups, excluding NO2 is 1. The lowest BCUT2D eigenvalue weighted by Gasteiger charge is -2.27. The molecule has 0 bridgehead atoms. The number of carbonyl (C=O) groups is 3. The van der Waals surface area contributed by atoms with Crippen LogP contribution in [0, 0.1) is 11.8 Å². The van der Waals surface area contributed by atoms with E-state index < -0.39 is 46.4 Å². The van der Waals surface area contributed by atoms with Gasteiger partial charge in [0, 0.05) is 6.54 Å². The van der Waals surface area contributed by atoms with Crippen molar-refractivity contribution in [2.75, 3.05) is 24.6 Å². The molecule has 1 saturated heterocycles. The molecule has 39 heavy (non-hydrogen) atoms. The van der Waals surface area contributed by atoms with Gasteiger partial charge in [-0.2, -0.15) is 5.01 Å². The first kappa shape index (κ1) is 29.9. The molecule has 13 heteroatoms. The van der Waals surface area contributed by atoms with Crippen LogP contribution >= 0.6 is 0 Å². The van der Waals surface area contributed by atoms with E-state index in [4.69, 9.17) is 5.73 Å². The summed E-state index contributed by atoms with van der Waals surface area (Å²) in [5.74, 6) is -1.83. The summed E-state index contributed by atoms with van der Waals surface area (Å²) in [6.07, 6.45) is 2.22. The number of nitrogens with zero attached hydrogens (tertiary/aromatic N) is 3. The molecule has 2 aromatic carbocycles. The van der Waals surface area contributed by atoms with Crippen LogP contribution in [0.1, 0.15) is 37.7 Å². The molecule has 2 atom stereocenters. The van der Waals surface area contributed by atoms with E-state index in [1.807, 2.05) is 6.92 Å². The van der Waals surface area contributed by atoms with Crippen LogP contribution in [0.4, 0.5) is 5.69 Å². The Labute approximate surface area is 227 Å². The van der Waals surface area contributed by atoms with Crippen LogP contribution in [0.5, 0.6) is 0 Å². The number of aryl methyl sites for hydroxylation is 1. The van der Waals surface area contributed by atoms with Crippen molar-refractivity contribution in [1.82, 2.24) is 14.9 Å². The van der Waals surface area contributed by atoms with E-state index in [9.17, 15) is 27.7 Å². The third-order valence-electron chi connectivity index (χ3n) is 6.47. The number of hydrogen-bond donors (Lipinski definition) is 3. The molecule has 12 nitrogen and oxygen atoms in total. The predicted octanol–water partition coefficient (Wildman–Crippen LogP) is 1.59. The highest BCUT2D eigenvalue weighted by Crippen LogP contribution is 2.20. The van der Waals surface area contributed by atoms with Crippen LogP contribution in [-0.4, -0.2) is 62.8 Å². The zero-order valence-electron chi connectivity index (χ0n) is 21.8. The minimum Gasteiger partial charge on any atom is -0.342 e. The molecule has 1 heterocycles. The fourth-order valence-corrected chi connectivity index (χ4v) is 5.32. The Bertz CT molecular complexity index is 1260. The van der Waals surface area contributed by atoms with E-state index in [1.54, 1.807) is 42.5 Å². The molecule has 4 N–H and O–H groups in total. The number of amides is 3. The molecule has 0 saturated carbocycles. The van der Waals surface area contributed by atoms with Gasteiger partial charge in [0.1, 0.15) is 12.1 Å². The lowest BCUT2D eigenvalue weighted by atomic mass is 10.1. The third kappa shape index (κ3) is 7.91. The Kier molecular flexibility index (Phi) is 10.7. The van der Waals surface area contributed by atoms with Gasteiger partial charge in [0.05, 0.1) is 22.4 Å². The maximum absolute atomic E-state index is 13.3. The average Bonchev–Trinajstić information content (AvgIpc) is 3.43. The smallest absolute Gasteiger partial charge is 0.272 e. The van der Waals surface area contributed by atoms with Crippen LogP contribution in [0.2, 0.25) is 0 Å². The number of rotatable bonds is 13. The number of anilines is 1. The standard InChI is InChI=1S/C26H34N6O6S/c1-19-12-14-21(15-13-19)39(37,38)28-18-24(33)31-17-7-11-23(31)25(34)29-22(10-5-6-16-27)26(35)32(30-36)20-8-3-2-4-9-20/h2-4,8-9,12-15,22-23,28H,5-7,10-11,16-18,27H2,1H3,(H,29,34)/t22-,23-/m0/s1. The molecule has 1 aliphatic heterocycles. The first-order valence-electron chi connectivity index (χ1n) is 12.8. The van der Waals surface area contributed by atoms with Crippen molar-refractivity contribution < 1.29 is 22.8 Å². The number of para-hydroxylation sites is 1. The van der Waals surface area contributed by atoms with Crippen LogP contribution in [0.15, 0.2) is 64.8 Å². The summed E-state index contributed by atoms with van der Waals surface area (Å²) in [7, 11) is -3.92. The Hall–Kier alpha value is -3.68. The second kappa shape index (κ2) is 13.9. The maximum Gasteiger partial charge on any atom is 0.272 e. The lowest BCUT2D eigenvalue weighted by Crippen LogP contribution is -2.54. The van der Waals surface area contributed by atoms with Gasteiger partial charge in [-0.3, -0.25) is 14.4 Å². The van der Waals surface area contributed by atoms with Gasteiger partial charge >= 0.3 is 0 Å². The van der Waals surface area contributed by atoms with Crippen molar-refractivity contribution in [1.29, 1.82) is 0 Å². The van der Waals surface area contributed by atoms with Gasteiger partial charge in [-0.05, 0) is 69.8 Å². The summed E-state index contributed by atoms with van der Waals surface area (Å²) in [6, 6.07) is 12.4. The highest BCUT2D eigenvalue weighted by molar-refractivity contribution is 7.89. The van der Waals surface area contributed by atoms with Gasteiger partial charge < -0.3 is 16.0 Å². The molecule has 2 aromatic rings. The molecule has 0 spiro atoms. The molecular formula is C26H34N6O6S. The topological polar surface area (TPSA) is 171 Å². The largest absolute Gasteiger partial charge is 0.342 e. The molecule has 0 aromatic heterocycles. The fraction of sp³-hybridized carbons (Fsp3) is 0.423. The second-order valence-electron chi connectivity index (χ2n) is 9.30. The fourth-order valence-electron chi connectivity index (χ4n) is 4.35. The molecule has 3 amide bonds. The molecular weight excluding hydrogens is 524 g/mol. The van der Waals surface area contributed by atoms with Crippen molar-refractivity contribution in [3.63, 3.8) is 0 Å². The van der Waals surface area contributed by atoms with Crippen LogP contribution in [0.3, 0.4) is 0 Å². The zero-order chi connectivity index (χ0) is 28.4. The van der Waals surface area contributed by atoms with Crippen LogP contribution in [-0.2, 0) is 24.4 Å². The van der Waals surface area contributed by atoms with E-state index in [0.29, 0.717) is 37.2 Å². The van der Waals surface area contributed by atoms with E-state index >= 15 is 0 Å². The van der Waals surface area contributed by atoms with E-state index in [2.05, 4.69) is 15.3 Å². The van der Waals surface area contributed by atoms with Gasteiger partial charge in [-0.25, -0.2) is 13.1 Å². The second-order valence-corrected chi connectivity index (χ2v) is 11.1. The van der Waals surface area contributed by atoms with Gasteiger partial charge in [-0.15, -0.1) is 4.91 Å². The quantitative estimate of drug-likeness (QED) is 0.190. The van der Waals surface area contributed by atoms with Crippen LogP contribution < -0.4 is 20.8 Å². The number of hydrogen-bond acceptors (Lipinski definition) is 8. The minimum atomic E-state index is -3.92. The lowest BCUT2D eigenvalue weighted by molar-refractivity contribution is -0.138. The molecule has 1 fully saturated rings. The predicted molar refractivity (Wildman–Crippen MR) is 146 cm³/mol. The van der Waals surface area contributed by atoms with Gasteiger partial charge in [0.2, 0.25) is 21.8 Å². The van der Waals surface area contributed by atoms with Crippen molar-refractivity contribution in [3.05, 3.63) is 65.1 Å². The molecule has 210 valence electrons. The van der Waals surface area contributed by atoms with Crippen molar-refractivity contribution in [2.45, 2.75) is 56.0 Å². The summed E-state index contributed by atoms with van der Waals surface area (Å²) in [5, 5.41) is 6.25. The number of nitrogens with one attached hydrogen (secondary N) is 2. The number of benzene rings is 2. The third-order valence-corrected chi connectivity index (χ3v) is 7.89. The van der Waals surface area contributed by atoms with E-state index in [1.165, 1.54) is 17.0 Å². The molecule has 1 aliphatic rings. The Morgan fingerprint density at radius 1 is 1.10 bits per heavy atom. The molecule has 0 unspecified atom stereocenters. The van der Waals surface area contributed by atoms with Crippen molar-refractivity contribution in [3.8, 4) is 0 Å². The number of sulfonamides is 1. The normalized spacial score (nSPS) is 15.9. The summed E-state index contributed by atoms with van der Waals surface area (Å²) in [5.41, 5.74) is 6.73. The van der Waals surface area contributed by atoms with Crippen molar-refractivity contribution >= 4 is 33.4 Å². The first-order chi connectivity index (χ1) is 18.7. The number of carbonyl (C=O) groups excluding carboxylic acids is 3. The number of nitrogens with two attached hydrogens (primary N) is 1. The maximum atomic E-state index is 13.3. The van der Waals surface area contributed by atoms with Crippen LogP contribution in [0.25, 0.3) is 0 Å². The van der Waals surface area contributed by atoms with E-state index in [-0.39, 0.29) is 23.5 Å². The van der Waals surface area contributed by atoms with Crippen molar-refractivity contribution in [2.24, 2.45) is 11.0 Å². The molecule has 3 rings (SSSR count). The first-order valence-corrected chi connectivity index (χ1v) is 14.2. The zero-order valence-corrected chi connectivity index (χ0v) is 22.6. The SMILES string of the molecule is Cc1ccc(S(=O)(=O)NCC(=O)N2CCC[C@H]2C(=O)N[C@@H](CCCCN)C(=O)N(N=O)c2ccccc2)cc1. The summed E-state index contributed by atoms with van der Waals surface area (Å²) >= 11 is 0. The summed E-state index contributed by atoms with van der Waals surface area (Å²) in [6.45, 7) is 1.97. The number of likely N-dealkylation sites (tertiary alicyclic amines) is 1. The monoisotopic (exact) mass is 558 g/mol.